The van der Waals surface area contributed by atoms with Crippen LogP contribution in [0.1, 0.15) is 61.9 Å². The van der Waals surface area contributed by atoms with Crippen LogP contribution in [0.15, 0.2) is 24.3 Å². The van der Waals surface area contributed by atoms with Gasteiger partial charge in [-0.2, -0.15) is 0 Å². The van der Waals surface area contributed by atoms with Crippen LogP contribution in [0.4, 0.5) is 10.8 Å². The summed E-state index contributed by atoms with van der Waals surface area (Å²) in [5.74, 6) is 2.34. The van der Waals surface area contributed by atoms with Gasteiger partial charge >= 0.3 is 0 Å². The first kappa shape index (κ1) is 19.4. The topological polar surface area (TPSA) is 84.0 Å². The minimum Gasteiger partial charge on any atom is -0.326 e. The van der Waals surface area contributed by atoms with Crippen LogP contribution in [-0.2, 0) is 21.4 Å². The second kappa shape index (κ2) is 7.40. The number of hydrogen-bond donors (Lipinski definition) is 2. The predicted molar refractivity (Wildman–Crippen MR) is 120 cm³/mol. The minimum atomic E-state index is -0.169. The maximum absolute atomic E-state index is 12.6. The first-order valence-corrected chi connectivity index (χ1v) is 12.4. The summed E-state index contributed by atoms with van der Waals surface area (Å²) in [6.07, 6.45) is 9.49. The molecule has 1 aromatic heterocycles. The van der Waals surface area contributed by atoms with E-state index in [1.807, 2.05) is 24.3 Å². The van der Waals surface area contributed by atoms with E-state index in [2.05, 4.69) is 20.8 Å². The van der Waals surface area contributed by atoms with Gasteiger partial charge in [0.05, 0.1) is 0 Å². The molecule has 2 aromatic rings. The maximum Gasteiger partial charge on any atom is 0.227 e. The molecule has 1 aliphatic heterocycles. The van der Waals surface area contributed by atoms with Gasteiger partial charge in [-0.1, -0.05) is 29.5 Å². The van der Waals surface area contributed by atoms with Gasteiger partial charge in [0.15, 0.2) is 0 Å². The van der Waals surface area contributed by atoms with Gasteiger partial charge in [-0.15, -0.1) is 10.2 Å². The molecule has 1 atom stereocenters. The Kier molecular flexibility index (Phi) is 4.63. The molecule has 0 saturated heterocycles. The highest BCUT2D eigenvalue weighted by Gasteiger charge is 2.53. The van der Waals surface area contributed by atoms with Crippen LogP contribution in [0.2, 0.25) is 0 Å². The lowest BCUT2D eigenvalue weighted by Gasteiger charge is -2.55. The zero-order chi connectivity index (χ0) is 21.0. The highest BCUT2D eigenvalue weighted by Crippen LogP contribution is 2.61. The average molecular weight is 437 g/mol. The van der Waals surface area contributed by atoms with Gasteiger partial charge in [-0.25, -0.2) is 0 Å². The fraction of sp³-hybridized carbons (Fsp3) is 0.583. The first-order valence-electron chi connectivity index (χ1n) is 11.6. The van der Waals surface area contributed by atoms with Crippen molar-refractivity contribution in [1.82, 2.24) is 10.2 Å². The molecule has 31 heavy (non-hydrogen) atoms. The molecule has 4 aliphatic carbocycles. The lowest BCUT2D eigenvalue weighted by atomic mass is 9.50. The van der Waals surface area contributed by atoms with E-state index in [0.717, 1.165) is 34.0 Å². The molecule has 4 fully saturated rings. The fourth-order valence-electron chi connectivity index (χ4n) is 6.99. The Morgan fingerprint density at radius 1 is 1.10 bits per heavy atom. The number of para-hydroxylation sites is 1. The molecule has 2 N–H and O–H groups in total. The quantitative estimate of drug-likeness (QED) is 0.721. The standard InChI is InChI=1S/C24H28N4O2S/c29-20(6-5-18-10-17-3-1-2-4-19(17)25-21(18)30)26-23-28-27-22(31-23)24-11-14-7-15(12-24)9-16(8-14)13-24/h1-4,14-16,18H,5-13H2,(H,25,30)(H,26,28,29). The molecule has 6 nitrogen and oxygen atoms in total. The SMILES string of the molecule is O=C(CCC1Cc2ccccc2NC1=O)Nc1nnc(C23CC4CC(CC(C4)C2)C3)s1. The highest BCUT2D eigenvalue weighted by atomic mass is 32.1. The number of fused-ring (bicyclic) bond motifs is 1. The van der Waals surface area contributed by atoms with Crippen LogP contribution >= 0.6 is 11.3 Å². The van der Waals surface area contributed by atoms with Gasteiger partial charge < -0.3 is 10.6 Å². The largest absolute Gasteiger partial charge is 0.326 e. The Balaban J connectivity index is 1.07. The van der Waals surface area contributed by atoms with Crippen molar-refractivity contribution >= 4 is 34.0 Å². The molecule has 2 amide bonds. The van der Waals surface area contributed by atoms with E-state index in [0.29, 0.717) is 24.4 Å². The molecule has 7 heteroatoms. The van der Waals surface area contributed by atoms with Crippen molar-refractivity contribution in [2.45, 2.75) is 63.2 Å². The highest BCUT2D eigenvalue weighted by molar-refractivity contribution is 7.15. The fourth-order valence-corrected chi connectivity index (χ4v) is 7.97. The molecule has 5 aliphatic rings. The van der Waals surface area contributed by atoms with Gasteiger partial charge in [0.1, 0.15) is 5.01 Å². The zero-order valence-electron chi connectivity index (χ0n) is 17.6. The molecule has 4 saturated carbocycles. The molecule has 0 radical (unpaired) electrons. The number of anilines is 2. The summed E-state index contributed by atoms with van der Waals surface area (Å²) in [7, 11) is 0. The summed E-state index contributed by atoms with van der Waals surface area (Å²) in [5.41, 5.74) is 2.24. The molecule has 4 bridgehead atoms. The maximum atomic E-state index is 12.6. The van der Waals surface area contributed by atoms with Gasteiger partial charge in [0.2, 0.25) is 16.9 Å². The van der Waals surface area contributed by atoms with Crippen LogP contribution in [0, 0.1) is 23.7 Å². The van der Waals surface area contributed by atoms with E-state index >= 15 is 0 Å². The molecule has 7 rings (SSSR count). The van der Waals surface area contributed by atoms with Crippen molar-refractivity contribution in [3.05, 3.63) is 34.8 Å². The minimum absolute atomic E-state index is 0.00603. The lowest BCUT2D eigenvalue weighted by Crippen LogP contribution is -2.48. The number of nitrogens with one attached hydrogen (secondary N) is 2. The number of carbonyl (C=O) groups is 2. The summed E-state index contributed by atoms with van der Waals surface area (Å²) in [6.45, 7) is 0. The van der Waals surface area contributed by atoms with Crippen molar-refractivity contribution in [3.8, 4) is 0 Å². The third-order valence-electron chi connectivity index (χ3n) is 8.00. The Hall–Kier alpha value is -2.28. The average Bonchev–Trinajstić information content (AvgIpc) is 3.20. The van der Waals surface area contributed by atoms with Crippen molar-refractivity contribution in [2.24, 2.45) is 23.7 Å². The Bertz CT molecular complexity index is 997. The number of amides is 2. The van der Waals surface area contributed by atoms with Crippen LogP contribution in [0.5, 0.6) is 0 Å². The van der Waals surface area contributed by atoms with Gasteiger partial charge in [-0.05, 0) is 80.8 Å². The van der Waals surface area contributed by atoms with Crippen molar-refractivity contribution in [1.29, 1.82) is 0 Å². The molecule has 1 unspecified atom stereocenters. The second-order valence-electron chi connectivity index (χ2n) is 10.2. The number of aromatic nitrogens is 2. The Labute approximate surface area is 186 Å². The van der Waals surface area contributed by atoms with E-state index in [1.165, 1.54) is 38.5 Å². The van der Waals surface area contributed by atoms with Crippen LogP contribution in [0.25, 0.3) is 0 Å². The monoisotopic (exact) mass is 436 g/mol. The Morgan fingerprint density at radius 2 is 1.81 bits per heavy atom. The van der Waals surface area contributed by atoms with E-state index < -0.39 is 0 Å². The lowest BCUT2D eigenvalue weighted by molar-refractivity contribution is -0.121. The normalized spacial score (nSPS) is 33.1. The van der Waals surface area contributed by atoms with Gasteiger partial charge in [0.25, 0.3) is 0 Å². The van der Waals surface area contributed by atoms with Crippen LogP contribution < -0.4 is 10.6 Å². The van der Waals surface area contributed by atoms with Gasteiger partial charge in [0, 0.05) is 23.4 Å². The second-order valence-corrected chi connectivity index (χ2v) is 11.2. The summed E-state index contributed by atoms with van der Waals surface area (Å²) in [6, 6.07) is 7.87. The van der Waals surface area contributed by atoms with Crippen molar-refractivity contribution in [2.75, 3.05) is 10.6 Å². The molecule has 162 valence electrons. The van der Waals surface area contributed by atoms with E-state index in [4.69, 9.17) is 0 Å². The van der Waals surface area contributed by atoms with Gasteiger partial charge in [-0.3, -0.25) is 9.59 Å². The van der Waals surface area contributed by atoms with E-state index in [-0.39, 0.29) is 23.1 Å². The smallest absolute Gasteiger partial charge is 0.227 e. The molecule has 1 aromatic carbocycles. The molecular weight excluding hydrogens is 408 g/mol. The summed E-state index contributed by atoms with van der Waals surface area (Å²) in [5, 5.41) is 16.5. The van der Waals surface area contributed by atoms with E-state index in [9.17, 15) is 9.59 Å². The summed E-state index contributed by atoms with van der Waals surface area (Å²) in [4.78, 5) is 24.9. The summed E-state index contributed by atoms with van der Waals surface area (Å²) >= 11 is 1.57. The number of carbonyl (C=O) groups excluding carboxylic acids is 2. The van der Waals surface area contributed by atoms with Crippen LogP contribution in [0.3, 0.4) is 0 Å². The number of hydrogen-bond acceptors (Lipinski definition) is 5. The molecule has 2 heterocycles. The third kappa shape index (κ3) is 3.56. The molecule has 0 spiro atoms. The number of nitrogens with zero attached hydrogens (tertiary/aromatic N) is 2. The zero-order valence-corrected chi connectivity index (χ0v) is 18.4. The Morgan fingerprint density at radius 3 is 2.55 bits per heavy atom. The summed E-state index contributed by atoms with van der Waals surface area (Å²) < 4.78 is 0. The number of benzene rings is 1. The third-order valence-corrected chi connectivity index (χ3v) is 9.08. The predicted octanol–water partition coefficient (Wildman–Crippen LogP) is 4.54. The first-order chi connectivity index (χ1) is 15.1. The van der Waals surface area contributed by atoms with Crippen LogP contribution in [-0.4, -0.2) is 22.0 Å². The van der Waals surface area contributed by atoms with Crippen molar-refractivity contribution < 1.29 is 9.59 Å². The van der Waals surface area contributed by atoms with Crippen molar-refractivity contribution in [3.63, 3.8) is 0 Å². The van der Waals surface area contributed by atoms with E-state index in [1.54, 1.807) is 11.3 Å². The number of rotatable bonds is 5. The molecular formula is C24H28N4O2S.